The molecule has 0 fully saturated rings. The zero-order valence-electron chi connectivity index (χ0n) is 10.1. The Kier molecular flexibility index (Phi) is 6.89. The predicted octanol–water partition coefficient (Wildman–Crippen LogP) is 1.18. The highest BCUT2D eigenvalue weighted by molar-refractivity contribution is 7.86. The first kappa shape index (κ1) is 15.1. The Bertz CT molecular complexity index is 415. The van der Waals surface area contributed by atoms with Crippen molar-refractivity contribution in [1.82, 2.24) is 0 Å². The third kappa shape index (κ3) is 5.59. The SMILES string of the molecule is O=S(=O)(OCCCCOCCO)c1ccccc1. The van der Waals surface area contributed by atoms with Crippen LogP contribution in [0.1, 0.15) is 12.8 Å². The molecule has 1 N–H and O–H groups in total. The van der Waals surface area contributed by atoms with Gasteiger partial charge in [0.25, 0.3) is 10.1 Å². The fourth-order valence-electron chi connectivity index (χ4n) is 1.30. The van der Waals surface area contributed by atoms with E-state index in [0.29, 0.717) is 26.1 Å². The summed E-state index contributed by atoms with van der Waals surface area (Å²) in [7, 11) is -3.64. The molecule has 5 nitrogen and oxygen atoms in total. The number of rotatable bonds is 9. The van der Waals surface area contributed by atoms with Crippen molar-refractivity contribution in [1.29, 1.82) is 0 Å². The average Bonchev–Trinajstić information content (AvgIpc) is 2.39. The maximum atomic E-state index is 11.7. The molecule has 0 aromatic heterocycles. The molecule has 0 aliphatic heterocycles. The summed E-state index contributed by atoms with van der Waals surface area (Å²) >= 11 is 0. The van der Waals surface area contributed by atoms with Crippen molar-refractivity contribution in [2.45, 2.75) is 17.7 Å². The normalized spacial score (nSPS) is 11.6. The molecule has 0 aliphatic rings. The van der Waals surface area contributed by atoms with Crippen molar-refractivity contribution in [2.75, 3.05) is 26.4 Å². The van der Waals surface area contributed by atoms with Gasteiger partial charge in [-0.25, -0.2) is 0 Å². The van der Waals surface area contributed by atoms with Gasteiger partial charge in [0.05, 0.1) is 24.7 Å². The van der Waals surface area contributed by atoms with Crippen molar-refractivity contribution in [3.8, 4) is 0 Å². The highest BCUT2D eigenvalue weighted by Crippen LogP contribution is 2.11. The molecule has 0 atom stereocenters. The predicted molar refractivity (Wildman–Crippen MR) is 66.7 cm³/mol. The second-order valence-electron chi connectivity index (χ2n) is 3.63. The summed E-state index contributed by atoms with van der Waals surface area (Å²) in [6.07, 6.45) is 1.29. The van der Waals surface area contributed by atoms with E-state index >= 15 is 0 Å². The third-order valence-electron chi connectivity index (χ3n) is 2.19. The van der Waals surface area contributed by atoms with Crippen molar-refractivity contribution in [3.63, 3.8) is 0 Å². The summed E-state index contributed by atoms with van der Waals surface area (Å²) in [5, 5.41) is 8.47. The third-order valence-corrected chi connectivity index (χ3v) is 3.52. The molecule has 1 rings (SSSR count). The number of aliphatic hydroxyl groups is 1. The summed E-state index contributed by atoms with van der Waals surface area (Å²) in [5.41, 5.74) is 0. The maximum absolute atomic E-state index is 11.7. The van der Waals surface area contributed by atoms with Crippen molar-refractivity contribution in [2.24, 2.45) is 0 Å². The number of benzene rings is 1. The van der Waals surface area contributed by atoms with Gasteiger partial charge < -0.3 is 9.84 Å². The van der Waals surface area contributed by atoms with Crippen LogP contribution in [0.5, 0.6) is 0 Å². The van der Waals surface area contributed by atoms with Crippen LogP contribution in [0.4, 0.5) is 0 Å². The first-order valence-corrected chi connectivity index (χ1v) is 7.21. The molecule has 0 radical (unpaired) electrons. The zero-order chi connectivity index (χ0) is 13.3. The Morgan fingerprint density at radius 1 is 1.00 bits per heavy atom. The number of ether oxygens (including phenoxy) is 1. The standard InChI is InChI=1S/C12H18O5S/c13-8-11-16-9-4-5-10-17-18(14,15)12-6-2-1-3-7-12/h1-3,6-7,13H,4-5,8-11H2. The van der Waals surface area contributed by atoms with Gasteiger partial charge in [-0.1, -0.05) is 18.2 Å². The second-order valence-corrected chi connectivity index (χ2v) is 5.25. The fraction of sp³-hybridized carbons (Fsp3) is 0.500. The quantitative estimate of drug-likeness (QED) is 0.541. The summed E-state index contributed by atoms with van der Waals surface area (Å²) in [5.74, 6) is 0. The van der Waals surface area contributed by atoms with E-state index in [-0.39, 0.29) is 18.1 Å². The van der Waals surface area contributed by atoms with E-state index in [9.17, 15) is 8.42 Å². The van der Waals surface area contributed by atoms with Crippen LogP contribution in [0.3, 0.4) is 0 Å². The van der Waals surface area contributed by atoms with Crippen LogP contribution in [0, 0.1) is 0 Å². The van der Waals surface area contributed by atoms with Crippen molar-refractivity contribution in [3.05, 3.63) is 30.3 Å². The highest BCUT2D eigenvalue weighted by Gasteiger charge is 2.13. The number of hydrogen-bond donors (Lipinski definition) is 1. The second kappa shape index (κ2) is 8.20. The lowest BCUT2D eigenvalue weighted by Crippen LogP contribution is -2.08. The summed E-state index contributed by atoms with van der Waals surface area (Å²) < 4.78 is 33.3. The molecule has 6 heteroatoms. The van der Waals surface area contributed by atoms with Gasteiger partial charge in [0.1, 0.15) is 0 Å². The van der Waals surface area contributed by atoms with Gasteiger partial charge in [-0.05, 0) is 25.0 Å². The van der Waals surface area contributed by atoms with E-state index in [4.69, 9.17) is 14.0 Å². The molecule has 0 saturated heterocycles. The van der Waals surface area contributed by atoms with Crippen LogP contribution in [-0.2, 0) is 19.0 Å². The Morgan fingerprint density at radius 3 is 2.33 bits per heavy atom. The topological polar surface area (TPSA) is 72.8 Å². The number of hydrogen-bond acceptors (Lipinski definition) is 5. The van der Waals surface area contributed by atoms with E-state index in [0.717, 1.165) is 0 Å². The monoisotopic (exact) mass is 274 g/mol. The highest BCUT2D eigenvalue weighted by atomic mass is 32.2. The average molecular weight is 274 g/mol. The number of unbranched alkanes of at least 4 members (excludes halogenated alkanes) is 1. The van der Waals surface area contributed by atoms with E-state index in [1.165, 1.54) is 12.1 Å². The largest absolute Gasteiger partial charge is 0.394 e. The van der Waals surface area contributed by atoms with Crippen molar-refractivity contribution >= 4 is 10.1 Å². The molecule has 0 unspecified atom stereocenters. The van der Waals surface area contributed by atoms with Crippen molar-refractivity contribution < 1.29 is 22.4 Å². The van der Waals surface area contributed by atoms with E-state index in [1.54, 1.807) is 18.2 Å². The Morgan fingerprint density at radius 2 is 1.67 bits per heavy atom. The molecule has 1 aromatic rings. The van der Waals surface area contributed by atoms with E-state index < -0.39 is 10.1 Å². The van der Waals surface area contributed by atoms with Crippen LogP contribution in [0.25, 0.3) is 0 Å². The van der Waals surface area contributed by atoms with Crippen LogP contribution in [-0.4, -0.2) is 40.0 Å². The lowest BCUT2D eigenvalue weighted by atomic mass is 10.3. The zero-order valence-corrected chi connectivity index (χ0v) is 10.9. The molecule has 102 valence electrons. The van der Waals surface area contributed by atoms with Gasteiger partial charge in [-0.3, -0.25) is 4.18 Å². The lowest BCUT2D eigenvalue weighted by molar-refractivity contribution is 0.0879. The molecule has 1 aromatic carbocycles. The van der Waals surface area contributed by atoms with Crippen LogP contribution in [0.15, 0.2) is 35.2 Å². The summed E-state index contributed by atoms with van der Waals surface area (Å²) in [6.45, 7) is 0.942. The van der Waals surface area contributed by atoms with Gasteiger partial charge in [0, 0.05) is 6.61 Å². The maximum Gasteiger partial charge on any atom is 0.296 e. The molecule has 0 aliphatic carbocycles. The molecular weight excluding hydrogens is 256 g/mol. The lowest BCUT2D eigenvalue weighted by Gasteiger charge is -2.05. The van der Waals surface area contributed by atoms with Crippen LogP contribution in [0.2, 0.25) is 0 Å². The summed E-state index contributed by atoms with van der Waals surface area (Å²) in [6, 6.07) is 8.05. The smallest absolute Gasteiger partial charge is 0.296 e. The minimum absolute atomic E-state index is 0.00110. The first-order chi connectivity index (χ1) is 8.67. The molecule has 0 bridgehead atoms. The Labute approximate surface area is 107 Å². The number of aliphatic hydroxyl groups excluding tert-OH is 1. The molecule has 0 saturated carbocycles. The van der Waals surface area contributed by atoms with Gasteiger partial charge >= 0.3 is 0 Å². The Balaban J connectivity index is 2.23. The molecule has 0 amide bonds. The van der Waals surface area contributed by atoms with E-state index in [2.05, 4.69) is 0 Å². The van der Waals surface area contributed by atoms with Gasteiger partial charge in [0.2, 0.25) is 0 Å². The summed E-state index contributed by atoms with van der Waals surface area (Å²) in [4.78, 5) is 0.168. The molecule has 18 heavy (non-hydrogen) atoms. The van der Waals surface area contributed by atoms with Gasteiger partial charge in [0.15, 0.2) is 0 Å². The minimum Gasteiger partial charge on any atom is -0.394 e. The first-order valence-electron chi connectivity index (χ1n) is 5.80. The van der Waals surface area contributed by atoms with E-state index in [1.807, 2.05) is 0 Å². The molecular formula is C12H18O5S. The van der Waals surface area contributed by atoms with Crippen LogP contribution >= 0.6 is 0 Å². The van der Waals surface area contributed by atoms with Crippen LogP contribution < -0.4 is 0 Å². The molecule has 0 spiro atoms. The minimum atomic E-state index is -3.64. The van der Waals surface area contributed by atoms with Gasteiger partial charge in [-0.15, -0.1) is 0 Å². The molecule has 0 heterocycles. The Hall–Kier alpha value is -0.950. The van der Waals surface area contributed by atoms with Gasteiger partial charge in [-0.2, -0.15) is 8.42 Å². The fourth-order valence-corrected chi connectivity index (χ4v) is 2.26.